The summed E-state index contributed by atoms with van der Waals surface area (Å²) in [5.41, 5.74) is 0.563. The SMILES string of the molecule is CC(CC(=O)N1CCNCC1)NC(C)c1n[nH]c(=O)c2ccc(Br)cc12. The summed E-state index contributed by atoms with van der Waals surface area (Å²) < 4.78 is 0.896. The molecule has 1 aliphatic rings. The Hall–Kier alpha value is -1.77. The number of rotatable bonds is 5. The molecule has 2 unspecified atom stereocenters. The lowest BCUT2D eigenvalue weighted by molar-refractivity contribution is -0.132. The number of fused-ring (bicyclic) bond motifs is 1. The average Bonchev–Trinajstić information content (AvgIpc) is 2.62. The van der Waals surface area contributed by atoms with Crippen molar-refractivity contribution in [3.05, 3.63) is 38.7 Å². The van der Waals surface area contributed by atoms with Crippen LogP contribution in [0.5, 0.6) is 0 Å². The van der Waals surface area contributed by atoms with Gasteiger partial charge in [-0.2, -0.15) is 5.10 Å². The molecule has 7 nitrogen and oxygen atoms in total. The van der Waals surface area contributed by atoms with Crippen LogP contribution in [0.25, 0.3) is 10.8 Å². The van der Waals surface area contributed by atoms with E-state index in [9.17, 15) is 9.59 Å². The van der Waals surface area contributed by atoms with Crippen LogP contribution < -0.4 is 16.2 Å². The highest BCUT2D eigenvalue weighted by atomic mass is 79.9. The lowest BCUT2D eigenvalue weighted by atomic mass is 10.1. The van der Waals surface area contributed by atoms with Crippen LogP contribution in [0.15, 0.2) is 27.5 Å². The Balaban J connectivity index is 1.71. The van der Waals surface area contributed by atoms with Gasteiger partial charge >= 0.3 is 0 Å². The van der Waals surface area contributed by atoms with Gasteiger partial charge in [0.2, 0.25) is 5.91 Å². The van der Waals surface area contributed by atoms with Crippen LogP contribution in [-0.2, 0) is 4.79 Å². The zero-order valence-electron chi connectivity index (χ0n) is 15.0. The second kappa shape index (κ2) is 8.28. The van der Waals surface area contributed by atoms with Crippen molar-refractivity contribution in [3.8, 4) is 0 Å². The van der Waals surface area contributed by atoms with E-state index in [2.05, 4.69) is 36.8 Å². The third-order valence-corrected chi connectivity index (χ3v) is 5.17. The minimum atomic E-state index is -0.203. The van der Waals surface area contributed by atoms with E-state index < -0.39 is 0 Å². The number of nitrogens with zero attached hydrogens (tertiary/aromatic N) is 2. The lowest BCUT2D eigenvalue weighted by Crippen LogP contribution is -2.48. The molecule has 0 radical (unpaired) electrons. The molecule has 2 atom stereocenters. The topological polar surface area (TPSA) is 90.1 Å². The Morgan fingerprint density at radius 1 is 1.31 bits per heavy atom. The molecular weight excluding hydrogens is 398 g/mol. The van der Waals surface area contributed by atoms with Crippen molar-refractivity contribution in [1.82, 2.24) is 25.7 Å². The molecule has 26 heavy (non-hydrogen) atoms. The fourth-order valence-corrected chi connectivity index (χ4v) is 3.72. The van der Waals surface area contributed by atoms with Crippen LogP contribution in [0.4, 0.5) is 0 Å². The average molecular weight is 422 g/mol. The highest BCUT2D eigenvalue weighted by Gasteiger charge is 2.21. The molecule has 3 N–H and O–H groups in total. The minimum absolute atomic E-state index is 0.00307. The normalized spacial score (nSPS) is 17.3. The Kier molecular flexibility index (Phi) is 6.05. The number of carbonyl (C=O) groups excluding carboxylic acids is 1. The Bertz CT molecular complexity index is 847. The van der Waals surface area contributed by atoms with Gasteiger partial charge in [0, 0.05) is 54.5 Å². The van der Waals surface area contributed by atoms with Crippen molar-refractivity contribution in [3.63, 3.8) is 0 Å². The lowest BCUT2D eigenvalue weighted by Gasteiger charge is -2.29. The number of halogens is 1. The number of nitrogens with one attached hydrogen (secondary N) is 3. The number of carbonyl (C=O) groups is 1. The van der Waals surface area contributed by atoms with Gasteiger partial charge in [-0.05, 0) is 32.0 Å². The van der Waals surface area contributed by atoms with Crippen LogP contribution in [0.2, 0.25) is 0 Å². The van der Waals surface area contributed by atoms with E-state index in [0.717, 1.165) is 41.7 Å². The van der Waals surface area contributed by atoms with E-state index in [1.165, 1.54) is 0 Å². The molecule has 2 heterocycles. The number of H-pyrrole nitrogens is 1. The molecule has 3 rings (SSSR count). The fraction of sp³-hybridized carbons (Fsp3) is 0.500. The second-order valence-corrected chi connectivity index (χ2v) is 7.67. The molecule has 1 fully saturated rings. The first-order valence-corrected chi connectivity index (χ1v) is 9.67. The van der Waals surface area contributed by atoms with Gasteiger partial charge in [0.05, 0.1) is 11.1 Å². The Morgan fingerprint density at radius 2 is 2.04 bits per heavy atom. The molecule has 0 bridgehead atoms. The molecule has 1 aromatic heterocycles. The predicted octanol–water partition coefficient (Wildman–Crippen LogP) is 1.55. The van der Waals surface area contributed by atoms with Gasteiger partial charge < -0.3 is 15.5 Å². The van der Waals surface area contributed by atoms with E-state index in [1.807, 2.05) is 30.9 Å². The first-order valence-electron chi connectivity index (χ1n) is 8.88. The first-order chi connectivity index (χ1) is 12.5. The number of aromatic nitrogens is 2. The third-order valence-electron chi connectivity index (χ3n) is 4.68. The summed E-state index contributed by atoms with van der Waals surface area (Å²) in [6.45, 7) is 7.23. The molecule has 0 aliphatic carbocycles. The largest absolute Gasteiger partial charge is 0.340 e. The molecule has 8 heteroatoms. The zero-order valence-corrected chi connectivity index (χ0v) is 16.6. The molecule has 0 spiro atoms. The number of amides is 1. The molecule has 1 aromatic carbocycles. The van der Waals surface area contributed by atoms with Gasteiger partial charge in [-0.3, -0.25) is 9.59 Å². The summed E-state index contributed by atoms with van der Waals surface area (Å²) in [6.07, 6.45) is 0.440. The smallest absolute Gasteiger partial charge is 0.272 e. The zero-order chi connectivity index (χ0) is 18.7. The second-order valence-electron chi connectivity index (χ2n) is 6.75. The molecule has 1 amide bonds. The van der Waals surface area contributed by atoms with Crippen molar-refractivity contribution < 1.29 is 4.79 Å². The summed E-state index contributed by atoms with van der Waals surface area (Å²) in [6, 6.07) is 5.43. The van der Waals surface area contributed by atoms with Crippen LogP contribution in [-0.4, -0.2) is 53.2 Å². The van der Waals surface area contributed by atoms with Gasteiger partial charge in [-0.1, -0.05) is 15.9 Å². The highest BCUT2D eigenvalue weighted by Crippen LogP contribution is 2.23. The van der Waals surface area contributed by atoms with E-state index >= 15 is 0 Å². The van der Waals surface area contributed by atoms with E-state index in [1.54, 1.807) is 6.07 Å². The summed E-state index contributed by atoms with van der Waals surface area (Å²) in [4.78, 5) is 26.3. The van der Waals surface area contributed by atoms with Crippen molar-refractivity contribution in [1.29, 1.82) is 0 Å². The number of hydrogen-bond acceptors (Lipinski definition) is 5. The maximum atomic E-state index is 12.4. The fourth-order valence-electron chi connectivity index (χ4n) is 3.36. The van der Waals surface area contributed by atoms with Crippen LogP contribution in [0.3, 0.4) is 0 Å². The molecular formula is C18H24BrN5O2. The van der Waals surface area contributed by atoms with Crippen molar-refractivity contribution >= 4 is 32.6 Å². The van der Waals surface area contributed by atoms with Crippen LogP contribution in [0, 0.1) is 0 Å². The maximum absolute atomic E-state index is 12.4. The minimum Gasteiger partial charge on any atom is -0.340 e. The van der Waals surface area contributed by atoms with Crippen molar-refractivity contribution in [2.24, 2.45) is 0 Å². The number of hydrogen-bond donors (Lipinski definition) is 3. The van der Waals surface area contributed by atoms with Gasteiger partial charge in [-0.25, -0.2) is 5.10 Å². The maximum Gasteiger partial charge on any atom is 0.272 e. The van der Waals surface area contributed by atoms with Gasteiger partial charge in [0.1, 0.15) is 0 Å². The summed E-state index contributed by atoms with van der Waals surface area (Å²) in [5.74, 6) is 0.167. The summed E-state index contributed by atoms with van der Waals surface area (Å²) in [5, 5.41) is 14.9. The van der Waals surface area contributed by atoms with Gasteiger partial charge in [-0.15, -0.1) is 0 Å². The predicted molar refractivity (Wildman–Crippen MR) is 105 cm³/mol. The first kappa shape index (κ1) is 19.0. The standard InChI is InChI=1S/C18H24BrN5O2/c1-11(9-16(25)24-7-5-20-6-8-24)21-12(2)17-15-10-13(19)3-4-14(15)18(26)23-22-17/h3-4,10-12,20-21H,5-9H2,1-2H3,(H,23,26). The van der Waals surface area contributed by atoms with Crippen molar-refractivity contribution in [2.45, 2.75) is 32.4 Å². The molecule has 2 aromatic rings. The highest BCUT2D eigenvalue weighted by molar-refractivity contribution is 9.10. The van der Waals surface area contributed by atoms with Gasteiger partial charge in [0.15, 0.2) is 0 Å². The molecule has 1 aliphatic heterocycles. The number of aromatic amines is 1. The third kappa shape index (κ3) is 4.31. The van der Waals surface area contributed by atoms with Crippen LogP contribution >= 0.6 is 15.9 Å². The molecule has 0 saturated carbocycles. The van der Waals surface area contributed by atoms with Gasteiger partial charge in [0.25, 0.3) is 5.56 Å². The van der Waals surface area contributed by atoms with Crippen LogP contribution in [0.1, 0.15) is 32.0 Å². The van der Waals surface area contributed by atoms with E-state index in [-0.39, 0.29) is 23.6 Å². The Labute approximate surface area is 160 Å². The molecule has 140 valence electrons. The number of benzene rings is 1. The number of piperazine rings is 1. The van der Waals surface area contributed by atoms with E-state index in [4.69, 9.17) is 0 Å². The summed E-state index contributed by atoms with van der Waals surface area (Å²) >= 11 is 3.45. The monoisotopic (exact) mass is 421 g/mol. The quantitative estimate of drug-likeness (QED) is 0.681. The van der Waals surface area contributed by atoms with Crippen molar-refractivity contribution in [2.75, 3.05) is 26.2 Å². The summed E-state index contributed by atoms with van der Waals surface area (Å²) in [7, 11) is 0. The Morgan fingerprint density at radius 3 is 2.77 bits per heavy atom. The van der Waals surface area contributed by atoms with E-state index in [0.29, 0.717) is 11.8 Å². The molecule has 1 saturated heterocycles.